The lowest BCUT2D eigenvalue weighted by Gasteiger charge is -2.12. The van der Waals surface area contributed by atoms with Crippen molar-refractivity contribution >= 4 is 6.03 Å². The second kappa shape index (κ2) is 10.7. The highest BCUT2D eigenvalue weighted by Gasteiger charge is 2.05. The summed E-state index contributed by atoms with van der Waals surface area (Å²) >= 11 is 0. The third-order valence-corrected chi connectivity index (χ3v) is 4.29. The van der Waals surface area contributed by atoms with Gasteiger partial charge in [-0.3, -0.25) is 4.98 Å². The number of rotatable bonds is 9. The van der Waals surface area contributed by atoms with Crippen molar-refractivity contribution in [1.82, 2.24) is 15.6 Å². The molecule has 0 unspecified atom stereocenters. The molecule has 1 aromatic heterocycles. The molecule has 3 rings (SSSR count). The van der Waals surface area contributed by atoms with E-state index >= 15 is 0 Å². The molecular formula is C23H25N3O2. The average molecular weight is 375 g/mol. The van der Waals surface area contributed by atoms with Gasteiger partial charge in [-0.2, -0.15) is 0 Å². The van der Waals surface area contributed by atoms with E-state index in [1.54, 1.807) is 12.4 Å². The third-order valence-electron chi connectivity index (χ3n) is 4.29. The molecule has 0 aliphatic heterocycles. The molecule has 0 atom stereocenters. The third kappa shape index (κ3) is 6.13. The van der Waals surface area contributed by atoms with Crippen molar-refractivity contribution < 1.29 is 9.53 Å². The zero-order chi connectivity index (χ0) is 19.4. The van der Waals surface area contributed by atoms with Crippen LogP contribution in [0.15, 0.2) is 79.1 Å². The second-order valence-electron chi connectivity index (χ2n) is 6.38. The molecule has 2 aromatic carbocycles. The number of carbonyl (C=O) groups excluding carboxylic acids is 1. The van der Waals surface area contributed by atoms with Crippen LogP contribution in [0.2, 0.25) is 0 Å². The van der Waals surface area contributed by atoms with Gasteiger partial charge in [-0.05, 0) is 42.2 Å². The first kappa shape index (κ1) is 19.4. The van der Waals surface area contributed by atoms with E-state index in [-0.39, 0.29) is 6.03 Å². The van der Waals surface area contributed by atoms with Crippen LogP contribution in [0.1, 0.15) is 18.4 Å². The van der Waals surface area contributed by atoms with Gasteiger partial charge in [-0.15, -0.1) is 0 Å². The van der Waals surface area contributed by atoms with E-state index in [1.807, 2.05) is 48.5 Å². The predicted octanol–water partition coefficient (Wildman–Crippen LogP) is 4.41. The fourth-order valence-electron chi connectivity index (χ4n) is 2.81. The molecule has 0 aliphatic carbocycles. The maximum absolute atomic E-state index is 11.8. The molecule has 5 heteroatoms. The first-order chi connectivity index (χ1) is 13.8. The quantitative estimate of drug-likeness (QED) is 0.545. The highest BCUT2D eigenvalue weighted by Crippen LogP contribution is 2.29. The Hall–Kier alpha value is -3.34. The van der Waals surface area contributed by atoms with Crippen LogP contribution in [0, 0.1) is 0 Å². The van der Waals surface area contributed by atoms with Crippen LogP contribution in [0.4, 0.5) is 4.79 Å². The minimum Gasteiger partial charge on any atom is -0.493 e. The number of benzene rings is 2. The zero-order valence-electron chi connectivity index (χ0n) is 15.8. The summed E-state index contributed by atoms with van der Waals surface area (Å²) in [4.78, 5) is 15.8. The molecule has 0 aliphatic rings. The number of nitrogens with one attached hydrogen (secondary N) is 2. The molecule has 0 bridgehead atoms. The Balaban J connectivity index is 1.34. The highest BCUT2D eigenvalue weighted by atomic mass is 16.5. The number of ether oxygens (including phenoxy) is 1. The number of carbonyl (C=O) groups is 1. The van der Waals surface area contributed by atoms with E-state index < -0.39 is 0 Å². The molecule has 2 N–H and O–H groups in total. The van der Waals surface area contributed by atoms with Crippen molar-refractivity contribution in [3.05, 3.63) is 84.7 Å². The van der Waals surface area contributed by atoms with Crippen molar-refractivity contribution in [2.45, 2.75) is 19.4 Å². The van der Waals surface area contributed by atoms with E-state index in [1.165, 1.54) is 0 Å². The predicted molar refractivity (Wildman–Crippen MR) is 111 cm³/mol. The van der Waals surface area contributed by atoms with Gasteiger partial charge >= 0.3 is 6.03 Å². The molecule has 0 saturated heterocycles. The number of nitrogens with zero attached hydrogens (tertiary/aromatic N) is 1. The molecule has 2 amide bonds. The van der Waals surface area contributed by atoms with Crippen molar-refractivity contribution in [1.29, 1.82) is 0 Å². The topological polar surface area (TPSA) is 63.2 Å². The van der Waals surface area contributed by atoms with Crippen LogP contribution in [0.3, 0.4) is 0 Å². The summed E-state index contributed by atoms with van der Waals surface area (Å²) in [5.41, 5.74) is 3.26. The van der Waals surface area contributed by atoms with Crippen LogP contribution < -0.4 is 15.4 Å². The van der Waals surface area contributed by atoms with Crippen LogP contribution in [0.5, 0.6) is 5.75 Å². The smallest absolute Gasteiger partial charge is 0.315 e. The second-order valence-corrected chi connectivity index (χ2v) is 6.38. The Bertz CT molecular complexity index is 854. The summed E-state index contributed by atoms with van der Waals surface area (Å²) in [5, 5.41) is 5.70. The summed E-state index contributed by atoms with van der Waals surface area (Å²) in [6.07, 6.45) is 5.15. The van der Waals surface area contributed by atoms with E-state index in [9.17, 15) is 4.79 Å². The van der Waals surface area contributed by atoms with Gasteiger partial charge in [-0.1, -0.05) is 48.5 Å². The summed E-state index contributed by atoms with van der Waals surface area (Å²) in [5.74, 6) is 0.886. The normalized spacial score (nSPS) is 10.3. The molecule has 0 radical (unpaired) electrons. The zero-order valence-corrected chi connectivity index (χ0v) is 15.8. The summed E-state index contributed by atoms with van der Waals surface area (Å²) in [6.45, 7) is 1.73. The monoisotopic (exact) mass is 375 g/mol. The van der Waals surface area contributed by atoms with Gasteiger partial charge in [0, 0.05) is 31.0 Å². The number of pyridine rings is 1. The molecule has 5 nitrogen and oxygen atoms in total. The standard InChI is InChI=1S/C23H25N3O2/c27-23(26-18-19-12-15-24-16-13-19)25-14-6-7-17-28-22-11-5-4-10-21(22)20-8-2-1-3-9-20/h1-5,8-13,15-16H,6-7,14,17-18H2,(H2,25,26,27). The Morgan fingerprint density at radius 2 is 1.61 bits per heavy atom. The fraction of sp³-hybridized carbons (Fsp3) is 0.217. The van der Waals surface area contributed by atoms with Crippen molar-refractivity contribution in [3.8, 4) is 16.9 Å². The number of unbranched alkanes of at least 4 members (excludes halogenated alkanes) is 1. The first-order valence-electron chi connectivity index (χ1n) is 9.51. The van der Waals surface area contributed by atoms with Crippen molar-refractivity contribution in [2.75, 3.05) is 13.2 Å². The lowest BCUT2D eigenvalue weighted by molar-refractivity contribution is 0.239. The Morgan fingerprint density at radius 1 is 0.857 bits per heavy atom. The molecule has 3 aromatic rings. The molecule has 144 valence electrons. The Labute approximate surface area is 165 Å². The number of amides is 2. The molecule has 28 heavy (non-hydrogen) atoms. The van der Waals surface area contributed by atoms with Gasteiger partial charge in [0.2, 0.25) is 0 Å². The van der Waals surface area contributed by atoms with Crippen molar-refractivity contribution in [3.63, 3.8) is 0 Å². The van der Waals surface area contributed by atoms with Crippen LogP contribution >= 0.6 is 0 Å². The molecule has 0 spiro atoms. The van der Waals surface area contributed by atoms with E-state index in [0.717, 1.165) is 35.3 Å². The van der Waals surface area contributed by atoms with E-state index in [2.05, 4.69) is 33.8 Å². The van der Waals surface area contributed by atoms with Crippen LogP contribution in [-0.4, -0.2) is 24.2 Å². The minimum absolute atomic E-state index is 0.160. The van der Waals surface area contributed by atoms with E-state index in [4.69, 9.17) is 4.74 Å². The lowest BCUT2D eigenvalue weighted by Crippen LogP contribution is -2.35. The largest absolute Gasteiger partial charge is 0.493 e. The van der Waals surface area contributed by atoms with Gasteiger partial charge in [0.05, 0.1) is 6.61 Å². The molecule has 0 saturated carbocycles. The summed E-state index contributed by atoms with van der Waals surface area (Å²) in [6, 6.07) is 21.9. The van der Waals surface area contributed by atoms with E-state index in [0.29, 0.717) is 19.7 Å². The van der Waals surface area contributed by atoms with Gasteiger partial charge in [-0.25, -0.2) is 4.79 Å². The number of para-hydroxylation sites is 1. The van der Waals surface area contributed by atoms with Crippen LogP contribution in [-0.2, 0) is 6.54 Å². The molecular weight excluding hydrogens is 350 g/mol. The maximum Gasteiger partial charge on any atom is 0.315 e. The lowest BCUT2D eigenvalue weighted by atomic mass is 10.1. The fourth-order valence-corrected chi connectivity index (χ4v) is 2.81. The summed E-state index contributed by atoms with van der Waals surface area (Å²) < 4.78 is 5.97. The highest BCUT2D eigenvalue weighted by molar-refractivity contribution is 5.73. The van der Waals surface area contributed by atoms with Gasteiger partial charge < -0.3 is 15.4 Å². The molecule has 1 heterocycles. The minimum atomic E-state index is -0.160. The molecule has 0 fully saturated rings. The van der Waals surface area contributed by atoms with Gasteiger partial charge in [0.1, 0.15) is 5.75 Å². The number of aromatic nitrogens is 1. The number of hydrogen-bond acceptors (Lipinski definition) is 3. The average Bonchev–Trinajstić information content (AvgIpc) is 2.76. The maximum atomic E-state index is 11.8. The summed E-state index contributed by atoms with van der Waals surface area (Å²) in [7, 11) is 0. The SMILES string of the molecule is O=C(NCCCCOc1ccccc1-c1ccccc1)NCc1ccncc1. The van der Waals surface area contributed by atoms with Crippen molar-refractivity contribution in [2.24, 2.45) is 0 Å². The number of hydrogen-bond donors (Lipinski definition) is 2. The Morgan fingerprint density at radius 3 is 2.43 bits per heavy atom. The first-order valence-corrected chi connectivity index (χ1v) is 9.51. The van der Waals surface area contributed by atoms with Crippen LogP contribution in [0.25, 0.3) is 11.1 Å². The number of urea groups is 1. The Kier molecular flexibility index (Phi) is 7.44. The van der Waals surface area contributed by atoms with Gasteiger partial charge in [0.25, 0.3) is 0 Å². The van der Waals surface area contributed by atoms with Gasteiger partial charge in [0.15, 0.2) is 0 Å².